The molecule has 52 valence electrons. The third-order valence-corrected chi connectivity index (χ3v) is 1.19. The monoisotopic (exact) mass is 136 g/mol. The molecule has 3 nitrogen and oxygen atoms in total. The van der Waals surface area contributed by atoms with E-state index in [2.05, 4.69) is 10.7 Å². The Morgan fingerprint density at radius 3 is 2.90 bits per heavy atom. The van der Waals surface area contributed by atoms with Crippen LogP contribution in [0.25, 0.3) is 0 Å². The quantitative estimate of drug-likeness (QED) is 0.499. The standard InChI is InChI=1S/C7H8N2O/c1-6-3-2-4-7(5-6)8-9-10/h2-5H,1H3,(H,8,10). The molecule has 0 saturated carbocycles. The van der Waals surface area contributed by atoms with Gasteiger partial charge in [-0.15, -0.1) is 4.91 Å². The predicted molar refractivity (Wildman–Crippen MR) is 40.6 cm³/mol. The number of hydrogen-bond acceptors (Lipinski definition) is 2. The number of aryl methyl sites for hydroxylation is 1. The molecule has 0 radical (unpaired) electrons. The smallest absolute Gasteiger partial charge is 0.0596 e. The molecule has 0 atom stereocenters. The average molecular weight is 136 g/mol. The van der Waals surface area contributed by atoms with E-state index in [1.165, 1.54) is 0 Å². The molecule has 0 saturated heterocycles. The van der Waals surface area contributed by atoms with Crippen LogP contribution in [0, 0.1) is 11.8 Å². The van der Waals surface area contributed by atoms with Crippen LogP contribution in [0.15, 0.2) is 29.6 Å². The first-order valence-electron chi connectivity index (χ1n) is 2.98. The molecule has 0 bridgehead atoms. The van der Waals surface area contributed by atoms with Crippen molar-refractivity contribution >= 4 is 5.69 Å². The first-order valence-corrected chi connectivity index (χ1v) is 2.98. The molecule has 3 heteroatoms. The first kappa shape index (κ1) is 6.74. The van der Waals surface area contributed by atoms with Crippen molar-refractivity contribution < 1.29 is 0 Å². The average Bonchev–Trinajstić information content (AvgIpc) is 1.88. The van der Waals surface area contributed by atoms with Crippen LogP contribution in [0.1, 0.15) is 5.56 Å². The molecule has 1 rings (SSSR count). The molecular weight excluding hydrogens is 128 g/mol. The molecule has 0 heterocycles. The van der Waals surface area contributed by atoms with Crippen LogP contribution >= 0.6 is 0 Å². The molecule has 0 spiro atoms. The fraction of sp³-hybridized carbons (Fsp3) is 0.143. The normalized spacial score (nSPS) is 8.90. The second kappa shape index (κ2) is 2.96. The second-order valence-corrected chi connectivity index (χ2v) is 2.07. The molecule has 10 heavy (non-hydrogen) atoms. The third kappa shape index (κ3) is 1.55. The van der Waals surface area contributed by atoms with Gasteiger partial charge >= 0.3 is 0 Å². The van der Waals surface area contributed by atoms with Gasteiger partial charge in [0.25, 0.3) is 0 Å². The number of anilines is 1. The Balaban J connectivity index is 2.84. The van der Waals surface area contributed by atoms with Crippen LogP contribution in [0.2, 0.25) is 0 Å². The summed E-state index contributed by atoms with van der Waals surface area (Å²) in [5, 5.41) is 2.55. The Kier molecular flexibility index (Phi) is 1.99. The molecule has 0 amide bonds. The lowest BCUT2D eigenvalue weighted by Gasteiger charge is -1.96. The van der Waals surface area contributed by atoms with Gasteiger partial charge in [-0.2, -0.15) is 0 Å². The van der Waals surface area contributed by atoms with Crippen LogP contribution in [-0.4, -0.2) is 0 Å². The molecule has 1 aromatic rings. The van der Waals surface area contributed by atoms with Gasteiger partial charge in [0.15, 0.2) is 0 Å². The highest BCUT2D eigenvalue weighted by Gasteiger charge is 1.88. The van der Waals surface area contributed by atoms with E-state index >= 15 is 0 Å². The van der Waals surface area contributed by atoms with Crippen molar-refractivity contribution in [3.05, 3.63) is 34.7 Å². The molecule has 1 aromatic carbocycles. The van der Waals surface area contributed by atoms with E-state index in [1.807, 2.05) is 25.1 Å². The van der Waals surface area contributed by atoms with Crippen molar-refractivity contribution in [3.63, 3.8) is 0 Å². The van der Waals surface area contributed by atoms with Crippen molar-refractivity contribution in [1.82, 2.24) is 0 Å². The number of hydrogen-bond donors (Lipinski definition) is 1. The lowest BCUT2D eigenvalue weighted by atomic mass is 10.2. The summed E-state index contributed by atoms with van der Waals surface area (Å²) in [5.74, 6) is 0. The number of nitrogens with one attached hydrogen (secondary N) is 1. The predicted octanol–water partition coefficient (Wildman–Crippen LogP) is 2.09. The van der Waals surface area contributed by atoms with Gasteiger partial charge < -0.3 is 0 Å². The van der Waals surface area contributed by atoms with Crippen molar-refractivity contribution in [2.24, 2.45) is 5.29 Å². The summed E-state index contributed by atoms with van der Waals surface area (Å²) in [6.45, 7) is 1.95. The maximum absolute atomic E-state index is 9.72. The van der Waals surface area contributed by atoms with E-state index in [-0.39, 0.29) is 0 Å². The summed E-state index contributed by atoms with van der Waals surface area (Å²) < 4.78 is 0. The van der Waals surface area contributed by atoms with Crippen LogP contribution in [-0.2, 0) is 0 Å². The fourth-order valence-corrected chi connectivity index (χ4v) is 0.767. The summed E-state index contributed by atoms with van der Waals surface area (Å²) in [5.41, 5.74) is 4.15. The third-order valence-electron chi connectivity index (χ3n) is 1.19. The molecule has 1 N–H and O–H groups in total. The molecule has 0 fully saturated rings. The molecule has 0 aliphatic carbocycles. The Morgan fingerprint density at radius 1 is 1.50 bits per heavy atom. The Morgan fingerprint density at radius 2 is 2.30 bits per heavy atom. The molecule has 0 aromatic heterocycles. The summed E-state index contributed by atoms with van der Waals surface area (Å²) in [6, 6.07) is 7.45. The van der Waals surface area contributed by atoms with E-state index in [1.54, 1.807) is 6.07 Å². The van der Waals surface area contributed by atoms with Crippen molar-refractivity contribution in [1.29, 1.82) is 0 Å². The Hall–Kier alpha value is -1.38. The maximum Gasteiger partial charge on any atom is 0.0596 e. The summed E-state index contributed by atoms with van der Waals surface area (Å²) in [6.07, 6.45) is 0. The highest BCUT2D eigenvalue weighted by molar-refractivity contribution is 5.44. The van der Waals surface area contributed by atoms with E-state index < -0.39 is 0 Å². The van der Waals surface area contributed by atoms with Crippen LogP contribution < -0.4 is 5.43 Å². The second-order valence-electron chi connectivity index (χ2n) is 2.07. The van der Waals surface area contributed by atoms with Gasteiger partial charge in [-0.25, -0.2) is 5.43 Å². The zero-order valence-corrected chi connectivity index (χ0v) is 5.66. The van der Waals surface area contributed by atoms with Gasteiger partial charge in [-0.05, 0) is 24.6 Å². The topological polar surface area (TPSA) is 41.5 Å². The van der Waals surface area contributed by atoms with Crippen molar-refractivity contribution in [2.75, 3.05) is 5.43 Å². The SMILES string of the molecule is Cc1cccc(NN=O)c1. The highest BCUT2D eigenvalue weighted by atomic mass is 16.3. The minimum absolute atomic E-state index is 0.731. The number of benzene rings is 1. The molecular formula is C7H8N2O. The molecule has 0 aliphatic heterocycles. The number of nitroso groups, excluding NO2 is 1. The van der Waals surface area contributed by atoms with Crippen LogP contribution in [0.4, 0.5) is 5.69 Å². The van der Waals surface area contributed by atoms with E-state index in [9.17, 15) is 4.91 Å². The van der Waals surface area contributed by atoms with E-state index in [0.717, 1.165) is 11.3 Å². The van der Waals surface area contributed by atoms with Crippen molar-refractivity contribution in [3.8, 4) is 0 Å². The largest absolute Gasteiger partial charge is 0.242 e. The highest BCUT2D eigenvalue weighted by Crippen LogP contribution is 2.08. The van der Waals surface area contributed by atoms with Crippen molar-refractivity contribution in [2.45, 2.75) is 6.92 Å². The van der Waals surface area contributed by atoms with E-state index in [4.69, 9.17) is 0 Å². The zero-order valence-electron chi connectivity index (χ0n) is 5.66. The van der Waals surface area contributed by atoms with Gasteiger partial charge in [0.1, 0.15) is 0 Å². The summed E-state index contributed by atoms with van der Waals surface area (Å²) in [7, 11) is 0. The first-order chi connectivity index (χ1) is 4.83. The van der Waals surface area contributed by atoms with Gasteiger partial charge in [-0.3, -0.25) is 0 Å². The lowest BCUT2D eigenvalue weighted by Crippen LogP contribution is -1.84. The minimum Gasteiger partial charge on any atom is -0.242 e. The fourth-order valence-electron chi connectivity index (χ4n) is 0.767. The van der Waals surface area contributed by atoms with Crippen LogP contribution in [0.3, 0.4) is 0 Å². The Bertz CT molecular complexity index is 235. The molecule has 0 aliphatic rings. The summed E-state index contributed by atoms with van der Waals surface area (Å²) >= 11 is 0. The minimum atomic E-state index is 0.731. The van der Waals surface area contributed by atoms with Gasteiger partial charge in [0.05, 0.1) is 11.0 Å². The zero-order chi connectivity index (χ0) is 7.40. The van der Waals surface area contributed by atoms with Crippen LogP contribution in [0.5, 0.6) is 0 Å². The summed E-state index contributed by atoms with van der Waals surface area (Å²) in [4.78, 5) is 9.72. The van der Waals surface area contributed by atoms with Gasteiger partial charge in [0, 0.05) is 0 Å². The van der Waals surface area contributed by atoms with E-state index in [0.29, 0.717) is 0 Å². The Labute approximate surface area is 59.0 Å². The van der Waals surface area contributed by atoms with Gasteiger partial charge in [0.2, 0.25) is 0 Å². The lowest BCUT2D eigenvalue weighted by molar-refractivity contribution is 1.30. The maximum atomic E-state index is 9.72. The number of nitrogens with zero attached hydrogens (tertiary/aromatic N) is 1. The number of rotatable bonds is 2. The molecule has 0 unspecified atom stereocenters. The van der Waals surface area contributed by atoms with Gasteiger partial charge in [-0.1, -0.05) is 12.1 Å².